The fraction of sp³-hybridized carbons (Fsp3) is 0.200. The van der Waals surface area contributed by atoms with E-state index in [9.17, 15) is 13.2 Å². The number of hydrogen-bond donors (Lipinski definition) is 2. The van der Waals surface area contributed by atoms with E-state index in [1.54, 1.807) is 25.1 Å². The predicted molar refractivity (Wildman–Crippen MR) is 99.3 cm³/mol. The summed E-state index contributed by atoms with van der Waals surface area (Å²) in [6, 6.07) is 5.17. The molecule has 3 aromatic heterocycles. The summed E-state index contributed by atoms with van der Waals surface area (Å²) >= 11 is 5.95. The van der Waals surface area contributed by atoms with Crippen LogP contribution in [0.25, 0.3) is 5.65 Å². The van der Waals surface area contributed by atoms with Crippen LogP contribution < -0.4 is 19.5 Å². The number of methoxy groups -OCH3 is 1. The number of urea groups is 1. The van der Waals surface area contributed by atoms with Crippen molar-refractivity contribution < 1.29 is 22.7 Å². The maximum Gasteiger partial charge on any atom is 0.335 e. The van der Waals surface area contributed by atoms with Crippen molar-refractivity contribution >= 4 is 39.3 Å². The lowest BCUT2D eigenvalue weighted by Crippen LogP contribution is -2.35. The molecule has 0 atom stereocenters. The van der Waals surface area contributed by atoms with Gasteiger partial charge in [-0.05, 0) is 19.1 Å². The van der Waals surface area contributed by atoms with E-state index < -0.39 is 16.1 Å². The van der Waals surface area contributed by atoms with Gasteiger partial charge in [0.15, 0.2) is 10.2 Å². The first kappa shape index (κ1) is 19.6. The number of carbonyl (C=O) groups excluding carboxylic acids is 1. The molecule has 3 heterocycles. The number of nitrogens with one attached hydrogen (secondary N) is 2. The van der Waals surface area contributed by atoms with Crippen LogP contribution in [0.1, 0.15) is 6.92 Å². The first-order chi connectivity index (χ1) is 13.3. The summed E-state index contributed by atoms with van der Waals surface area (Å²) < 4.78 is 38.6. The van der Waals surface area contributed by atoms with Crippen LogP contribution in [-0.4, -0.2) is 47.5 Å². The molecule has 0 saturated carbocycles. The number of pyridine rings is 1. The van der Waals surface area contributed by atoms with Crippen LogP contribution in [0.2, 0.25) is 5.15 Å². The van der Waals surface area contributed by atoms with E-state index in [2.05, 4.69) is 20.3 Å². The third-order valence-electron chi connectivity index (χ3n) is 3.33. The van der Waals surface area contributed by atoms with Crippen LogP contribution in [0.3, 0.4) is 0 Å². The van der Waals surface area contributed by atoms with Crippen LogP contribution in [-0.2, 0) is 10.0 Å². The molecule has 11 nitrogen and oxygen atoms in total. The third-order valence-corrected chi connectivity index (χ3v) is 5.06. The molecule has 0 radical (unpaired) electrons. The van der Waals surface area contributed by atoms with E-state index in [1.165, 1.54) is 23.8 Å². The Morgan fingerprint density at radius 2 is 2.00 bits per heavy atom. The molecular formula is C15H15ClN6O5S. The Morgan fingerprint density at radius 1 is 1.25 bits per heavy atom. The van der Waals surface area contributed by atoms with Gasteiger partial charge in [-0.3, -0.25) is 9.72 Å². The molecule has 3 rings (SSSR count). The van der Waals surface area contributed by atoms with Crippen molar-refractivity contribution in [1.82, 2.24) is 24.1 Å². The highest BCUT2D eigenvalue weighted by molar-refractivity contribution is 7.90. The summed E-state index contributed by atoms with van der Waals surface area (Å²) in [6.07, 6.45) is 1.46. The van der Waals surface area contributed by atoms with Crippen molar-refractivity contribution in [1.29, 1.82) is 0 Å². The van der Waals surface area contributed by atoms with Gasteiger partial charge in [-0.1, -0.05) is 17.7 Å². The zero-order valence-electron chi connectivity index (χ0n) is 14.7. The van der Waals surface area contributed by atoms with E-state index >= 15 is 0 Å². The van der Waals surface area contributed by atoms with E-state index in [4.69, 9.17) is 21.1 Å². The molecule has 3 aromatic rings. The molecule has 28 heavy (non-hydrogen) atoms. The van der Waals surface area contributed by atoms with Gasteiger partial charge in [-0.15, -0.1) is 0 Å². The number of sulfonamides is 1. The Bertz CT molecular complexity index is 1130. The number of aromatic nitrogens is 4. The highest BCUT2D eigenvalue weighted by Gasteiger charge is 2.26. The zero-order chi connectivity index (χ0) is 20.3. The molecule has 0 aliphatic rings. The van der Waals surface area contributed by atoms with Gasteiger partial charge in [-0.2, -0.15) is 18.4 Å². The van der Waals surface area contributed by atoms with Crippen molar-refractivity contribution in [2.75, 3.05) is 19.0 Å². The number of ether oxygens (including phenoxy) is 2. The molecule has 0 saturated heterocycles. The highest BCUT2D eigenvalue weighted by atomic mass is 35.5. The number of rotatable bonds is 6. The maximum absolute atomic E-state index is 12.6. The number of fused-ring (bicyclic) bond motifs is 1. The molecule has 148 valence electrons. The third kappa shape index (κ3) is 4.07. The zero-order valence-corrected chi connectivity index (χ0v) is 16.3. The molecule has 0 bridgehead atoms. The molecule has 0 aromatic carbocycles. The summed E-state index contributed by atoms with van der Waals surface area (Å²) in [7, 11) is -2.97. The lowest BCUT2D eigenvalue weighted by molar-refractivity contribution is 0.256. The SMILES string of the molecule is CCOc1cc(OC)nc(NC(=O)NS(=O)(=O)c2c(Cl)nc3ccccn23)n1. The van der Waals surface area contributed by atoms with Crippen molar-refractivity contribution in [2.45, 2.75) is 11.9 Å². The maximum atomic E-state index is 12.6. The van der Waals surface area contributed by atoms with Gasteiger partial charge in [0.05, 0.1) is 19.8 Å². The number of hydrogen-bond acceptors (Lipinski definition) is 8. The molecule has 0 spiro atoms. The van der Waals surface area contributed by atoms with Crippen molar-refractivity contribution in [3.05, 3.63) is 35.6 Å². The Balaban J connectivity index is 1.84. The van der Waals surface area contributed by atoms with Crippen molar-refractivity contribution in [2.24, 2.45) is 0 Å². The summed E-state index contributed by atoms with van der Waals surface area (Å²) in [5.74, 6) is 0.0681. The molecule has 13 heteroatoms. The Morgan fingerprint density at radius 3 is 2.71 bits per heavy atom. The van der Waals surface area contributed by atoms with Crippen LogP contribution in [0, 0.1) is 0 Å². The molecule has 0 fully saturated rings. The number of imidazole rings is 1. The minimum Gasteiger partial charge on any atom is -0.481 e. The van der Waals surface area contributed by atoms with Crippen molar-refractivity contribution in [3.63, 3.8) is 0 Å². The Kier molecular flexibility index (Phi) is 5.51. The smallest absolute Gasteiger partial charge is 0.335 e. The standard InChI is InChI=1S/C15H15ClN6O5S/c1-3-27-11-8-10(26-2)18-14(19-11)20-15(23)21-28(24,25)13-12(16)17-9-6-4-5-7-22(9)13/h4-8H,3H2,1-2H3,(H2,18,19,20,21,23). The quantitative estimate of drug-likeness (QED) is 0.607. The van der Waals surface area contributed by atoms with Crippen LogP contribution in [0.5, 0.6) is 11.8 Å². The normalized spacial score (nSPS) is 11.2. The van der Waals surface area contributed by atoms with E-state index in [1.807, 2.05) is 4.72 Å². The van der Waals surface area contributed by atoms with E-state index in [0.29, 0.717) is 12.3 Å². The largest absolute Gasteiger partial charge is 0.481 e. The van der Waals surface area contributed by atoms with E-state index in [-0.39, 0.29) is 27.9 Å². The van der Waals surface area contributed by atoms with Gasteiger partial charge in [-0.25, -0.2) is 14.5 Å². The predicted octanol–water partition coefficient (Wildman–Crippen LogP) is 1.70. The monoisotopic (exact) mass is 426 g/mol. The molecule has 2 amide bonds. The summed E-state index contributed by atoms with van der Waals surface area (Å²) in [4.78, 5) is 24.0. The minimum absolute atomic E-state index is 0.126. The molecular weight excluding hydrogens is 412 g/mol. The Hall–Kier alpha value is -3.12. The number of carbonyl (C=O) groups is 1. The second-order valence-electron chi connectivity index (χ2n) is 5.20. The van der Waals surface area contributed by atoms with Crippen molar-refractivity contribution in [3.8, 4) is 11.8 Å². The average molecular weight is 427 g/mol. The van der Waals surface area contributed by atoms with Crippen LogP contribution in [0.4, 0.5) is 10.7 Å². The van der Waals surface area contributed by atoms with Gasteiger partial charge in [0.1, 0.15) is 5.65 Å². The Labute approximate surface area is 164 Å². The molecule has 0 aliphatic heterocycles. The fourth-order valence-corrected chi connectivity index (χ4v) is 3.82. The van der Waals surface area contributed by atoms with Crippen LogP contribution in [0.15, 0.2) is 35.5 Å². The number of nitrogens with zero attached hydrogens (tertiary/aromatic N) is 4. The number of amides is 2. The first-order valence-corrected chi connectivity index (χ1v) is 9.72. The van der Waals surface area contributed by atoms with Gasteiger partial charge >= 0.3 is 6.03 Å². The molecule has 0 aliphatic carbocycles. The topological polar surface area (TPSA) is 137 Å². The van der Waals surface area contributed by atoms with E-state index in [0.717, 1.165) is 0 Å². The number of halogens is 1. The lowest BCUT2D eigenvalue weighted by atomic mass is 10.5. The summed E-state index contributed by atoms with van der Waals surface area (Å²) in [5.41, 5.74) is 0.311. The second-order valence-corrected chi connectivity index (χ2v) is 7.16. The molecule has 0 unspecified atom stereocenters. The number of anilines is 1. The van der Waals surface area contributed by atoms with Gasteiger partial charge in [0.2, 0.25) is 17.7 Å². The molecule has 2 N–H and O–H groups in total. The average Bonchev–Trinajstić information content (AvgIpc) is 2.97. The van der Waals surface area contributed by atoms with Crippen LogP contribution >= 0.6 is 11.6 Å². The summed E-state index contributed by atoms with van der Waals surface area (Å²) in [5, 5.41) is 1.57. The second kappa shape index (κ2) is 7.86. The van der Waals surface area contributed by atoms with Gasteiger partial charge in [0.25, 0.3) is 10.0 Å². The summed E-state index contributed by atoms with van der Waals surface area (Å²) in [6.45, 7) is 2.08. The fourth-order valence-electron chi connectivity index (χ4n) is 2.27. The lowest BCUT2D eigenvalue weighted by Gasteiger charge is -2.10. The van der Waals surface area contributed by atoms with Gasteiger partial charge < -0.3 is 9.47 Å². The minimum atomic E-state index is -4.34. The first-order valence-electron chi connectivity index (χ1n) is 7.86. The van der Waals surface area contributed by atoms with Gasteiger partial charge in [0, 0.05) is 6.20 Å². The highest BCUT2D eigenvalue weighted by Crippen LogP contribution is 2.22.